The van der Waals surface area contributed by atoms with E-state index in [0.717, 1.165) is 5.69 Å². The van der Waals surface area contributed by atoms with Gasteiger partial charge < -0.3 is 10.2 Å². The van der Waals surface area contributed by atoms with E-state index in [1.54, 1.807) is 15.6 Å². The van der Waals surface area contributed by atoms with Gasteiger partial charge in [-0.05, 0) is 52.0 Å². The maximum atomic E-state index is 12.9. The highest BCUT2D eigenvalue weighted by atomic mass is 32.2. The van der Waals surface area contributed by atoms with Crippen LogP contribution in [0.15, 0.2) is 35.2 Å². The molecule has 168 valence electrons. The zero-order chi connectivity index (χ0) is 23.0. The normalized spacial score (nSPS) is 15.7. The van der Waals surface area contributed by atoms with Crippen LogP contribution in [0.3, 0.4) is 0 Å². The van der Waals surface area contributed by atoms with Gasteiger partial charge in [0.1, 0.15) is 5.82 Å². The Morgan fingerprint density at radius 1 is 1.03 bits per heavy atom. The fraction of sp³-hybridized carbons (Fsp3) is 0.476. The van der Waals surface area contributed by atoms with Gasteiger partial charge in [0, 0.05) is 44.7 Å². The molecule has 0 unspecified atom stereocenters. The van der Waals surface area contributed by atoms with Gasteiger partial charge in [0.15, 0.2) is 0 Å². The third-order valence-corrected chi connectivity index (χ3v) is 7.06. The zero-order valence-corrected chi connectivity index (χ0v) is 19.4. The van der Waals surface area contributed by atoms with Gasteiger partial charge in [-0.3, -0.25) is 9.59 Å². The van der Waals surface area contributed by atoms with Crippen LogP contribution in [0.2, 0.25) is 0 Å². The van der Waals surface area contributed by atoms with Crippen molar-refractivity contribution < 1.29 is 18.0 Å². The first-order valence-corrected chi connectivity index (χ1v) is 11.6. The number of nitrogens with zero attached hydrogens (tertiary/aromatic N) is 4. The largest absolute Gasteiger partial charge is 0.340 e. The summed E-state index contributed by atoms with van der Waals surface area (Å²) in [5.41, 5.74) is 0.831. The van der Waals surface area contributed by atoms with Gasteiger partial charge >= 0.3 is 0 Å². The average molecular weight is 448 g/mol. The maximum absolute atomic E-state index is 12.9. The standard InChI is InChI=1S/C21H29N5O4S/c1-15-14-19(26(23-15)21(3,4)5)22-20(28)17-6-8-18(9-7-17)31(29,30)25-12-10-24(11-13-25)16(2)27/h6-9,14H,10-13H2,1-5H3,(H,22,28). The van der Waals surface area contributed by atoms with Crippen molar-refractivity contribution in [1.82, 2.24) is 19.0 Å². The molecule has 1 N–H and O–H groups in total. The Morgan fingerprint density at radius 2 is 1.61 bits per heavy atom. The predicted octanol–water partition coefficient (Wildman–Crippen LogP) is 2.05. The molecule has 31 heavy (non-hydrogen) atoms. The molecule has 2 amide bonds. The first-order chi connectivity index (χ1) is 14.4. The van der Waals surface area contributed by atoms with Crippen molar-refractivity contribution in [2.24, 2.45) is 0 Å². The van der Waals surface area contributed by atoms with Crippen molar-refractivity contribution in [1.29, 1.82) is 0 Å². The van der Waals surface area contributed by atoms with Crippen LogP contribution in [0.4, 0.5) is 5.82 Å². The van der Waals surface area contributed by atoms with E-state index in [-0.39, 0.29) is 35.3 Å². The van der Waals surface area contributed by atoms with E-state index in [0.29, 0.717) is 24.5 Å². The van der Waals surface area contributed by atoms with E-state index in [4.69, 9.17) is 0 Å². The van der Waals surface area contributed by atoms with Gasteiger partial charge in [0.2, 0.25) is 15.9 Å². The van der Waals surface area contributed by atoms with Crippen molar-refractivity contribution in [2.45, 2.75) is 45.1 Å². The molecule has 1 aliphatic rings. The molecule has 0 atom stereocenters. The molecule has 1 aromatic carbocycles. The molecule has 0 bridgehead atoms. The Morgan fingerprint density at radius 3 is 2.13 bits per heavy atom. The summed E-state index contributed by atoms with van der Waals surface area (Å²) in [6.45, 7) is 10.5. The average Bonchev–Trinajstić information content (AvgIpc) is 3.08. The number of rotatable bonds is 4. The second-order valence-corrected chi connectivity index (χ2v) is 10.6. The summed E-state index contributed by atoms with van der Waals surface area (Å²) in [4.78, 5) is 25.9. The second-order valence-electron chi connectivity index (χ2n) is 8.64. The van der Waals surface area contributed by atoms with Crippen molar-refractivity contribution in [3.8, 4) is 0 Å². The minimum atomic E-state index is -3.69. The number of anilines is 1. The molecular weight excluding hydrogens is 418 g/mol. The van der Waals surface area contributed by atoms with Gasteiger partial charge in [0.05, 0.1) is 16.1 Å². The van der Waals surface area contributed by atoms with Gasteiger partial charge in [-0.1, -0.05) is 0 Å². The van der Waals surface area contributed by atoms with E-state index in [1.807, 2.05) is 27.7 Å². The van der Waals surface area contributed by atoms with E-state index in [9.17, 15) is 18.0 Å². The number of carbonyl (C=O) groups excluding carboxylic acids is 2. The number of benzene rings is 1. The molecule has 0 spiro atoms. The van der Waals surface area contributed by atoms with Crippen molar-refractivity contribution in [2.75, 3.05) is 31.5 Å². The fourth-order valence-electron chi connectivity index (χ4n) is 3.46. The van der Waals surface area contributed by atoms with Crippen LogP contribution in [0.25, 0.3) is 0 Å². The third kappa shape index (κ3) is 4.96. The summed E-state index contributed by atoms with van der Waals surface area (Å²) in [6, 6.07) is 7.67. The van der Waals surface area contributed by atoms with Gasteiger partial charge in [-0.15, -0.1) is 0 Å². The number of carbonyl (C=O) groups is 2. The Hall–Kier alpha value is -2.72. The lowest BCUT2D eigenvalue weighted by molar-refractivity contribution is -0.129. The number of aryl methyl sites for hydroxylation is 1. The number of piperazine rings is 1. The molecule has 0 saturated carbocycles. The zero-order valence-electron chi connectivity index (χ0n) is 18.5. The first kappa shape index (κ1) is 23.0. The van der Waals surface area contributed by atoms with Crippen LogP contribution < -0.4 is 5.32 Å². The highest BCUT2D eigenvalue weighted by Crippen LogP contribution is 2.23. The molecular formula is C21H29N5O4S. The molecule has 10 heteroatoms. The predicted molar refractivity (Wildman–Crippen MR) is 117 cm³/mol. The van der Waals surface area contributed by atoms with Crippen LogP contribution in [-0.4, -0.2) is 65.4 Å². The minimum absolute atomic E-state index is 0.0598. The second kappa shape index (κ2) is 8.43. The van der Waals surface area contributed by atoms with Gasteiger partial charge in [-0.2, -0.15) is 9.40 Å². The van der Waals surface area contributed by atoms with Gasteiger partial charge in [0.25, 0.3) is 5.91 Å². The highest BCUT2D eigenvalue weighted by Gasteiger charge is 2.29. The summed E-state index contributed by atoms with van der Waals surface area (Å²) in [6.07, 6.45) is 0. The lowest BCUT2D eigenvalue weighted by atomic mass is 10.1. The summed E-state index contributed by atoms with van der Waals surface area (Å²) < 4.78 is 28.9. The fourth-order valence-corrected chi connectivity index (χ4v) is 4.88. The molecule has 2 heterocycles. The molecule has 0 radical (unpaired) electrons. The Bertz CT molecular complexity index is 1080. The summed E-state index contributed by atoms with van der Waals surface area (Å²) >= 11 is 0. The van der Waals surface area contributed by atoms with Gasteiger partial charge in [-0.25, -0.2) is 13.1 Å². The first-order valence-electron chi connectivity index (χ1n) is 10.1. The number of hydrogen-bond donors (Lipinski definition) is 1. The van der Waals surface area contributed by atoms with E-state index in [2.05, 4.69) is 10.4 Å². The van der Waals surface area contributed by atoms with Crippen LogP contribution in [-0.2, 0) is 20.4 Å². The molecule has 1 fully saturated rings. The number of hydrogen-bond acceptors (Lipinski definition) is 5. The van der Waals surface area contributed by atoms with Crippen LogP contribution in [0.5, 0.6) is 0 Å². The van der Waals surface area contributed by atoms with E-state index >= 15 is 0 Å². The molecule has 9 nitrogen and oxygen atoms in total. The van der Waals surface area contributed by atoms with Crippen molar-refractivity contribution >= 4 is 27.7 Å². The molecule has 0 aliphatic carbocycles. The molecule has 1 aliphatic heterocycles. The third-order valence-electron chi connectivity index (χ3n) is 5.15. The summed E-state index contributed by atoms with van der Waals surface area (Å²) in [5.74, 6) is 0.176. The van der Waals surface area contributed by atoms with E-state index < -0.39 is 10.0 Å². The SMILES string of the molecule is CC(=O)N1CCN(S(=O)(=O)c2ccc(C(=O)Nc3cc(C)nn3C(C)(C)C)cc2)CC1. The van der Waals surface area contributed by atoms with Crippen LogP contribution in [0.1, 0.15) is 43.7 Å². The van der Waals surface area contributed by atoms with Crippen molar-refractivity contribution in [3.63, 3.8) is 0 Å². The Kier molecular flexibility index (Phi) is 6.24. The topological polar surface area (TPSA) is 105 Å². The lowest BCUT2D eigenvalue weighted by Crippen LogP contribution is -2.49. The summed E-state index contributed by atoms with van der Waals surface area (Å²) in [7, 11) is -3.69. The highest BCUT2D eigenvalue weighted by molar-refractivity contribution is 7.89. The van der Waals surface area contributed by atoms with E-state index in [1.165, 1.54) is 35.5 Å². The van der Waals surface area contributed by atoms with Crippen molar-refractivity contribution in [3.05, 3.63) is 41.6 Å². The summed E-state index contributed by atoms with van der Waals surface area (Å²) in [5, 5.41) is 7.29. The molecule has 3 rings (SSSR count). The lowest BCUT2D eigenvalue weighted by Gasteiger charge is -2.33. The quantitative estimate of drug-likeness (QED) is 0.772. The Labute approximate surface area is 183 Å². The smallest absolute Gasteiger partial charge is 0.256 e. The molecule has 1 saturated heterocycles. The Balaban J connectivity index is 1.73. The maximum Gasteiger partial charge on any atom is 0.256 e. The number of sulfonamides is 1. The van der Waals surface area contributed by atoms with Crippen LogP contribution >= 0.6 is 0 Å². The molecule has 2 aromatic rings. The number of aromatic nitrogens is 2. The molecule has 1 aromatic heterocycles. The monoisotopic (exact) mass is 447 g/mol. The number of nitrogens with one attached hydrogen (secondary N) is 1. The van der Waals surface area contributed by atoms with Crippen LogP contribution in [0, 0.1) is 6.92 Å². The minimum Gasteiger partial charge on any atom is -0.340 e. The number of amides is 2.